The molecule has 5 nitrogen and oxygen atoms in total. The second-order valence-electron chi connectivity index (χ2n) is 4.54. The van der Waals surface area contributed by atoms with Gasteiger partial charge in [0, 0.05) is 39.3 Å². The van der Waals surface area contributed by atoms with Gasteiger partial charge in [-0.1, -0.05) is 17.7 Å². The number of benzene rings is 1. The molecule has 0 saturated carbocycles. The maximum Gasteiger partial charge on any atom is 0.245 e. The van der Waals surface area contributed by atoms with Gasteiger partial charge in [0.2, 0.25) is 10.0 Å². The van der Waals surface area contributed by atoms with Crippen LogP contribution in [0.3, 0.4) is 0 Å². The van der Waals surface area contributed by atoms with E-state index in [2.05, 4.69) is 14.9 Å². The summed E-state index contributed by atoms with van der Waals surface area (Å²) in [4.78, 5) is 1.66. The summed E-state index contributed by atoms with van der Waals surface area (Å²) in [6.45, 7) is 4.36. The van der Waals surface area contributed by atoms with E-state index in [0.717, 1.165) is 32.2 Å². The number of nitrogens with one attached hydrogen (secondary N) is 2. The molecule has 1 aromatic carbocycles. The molecule has 2 N–H and O–H groups in total. The molecule has 0 atom stereocenters. The van der Waals surface area contributed by atoms with Crippen molar-refractivity contribution in [2.45, 2.75) is 4.90 Å². The number of nitrogens with zero attached hydrogens (tertiary/aromatic N) is 1. The van der Waals surface area contributed by atoms with Crippen LogP contribution in [-0.4, -0.2) is 52.6 Å². The summed E-state index contributed by atoms with van der Waals surface area (Å²) in [6, 6.07) is 3.81. The van der Waals surface area contributed by atoms with Gasteiger partial charge in [0.25, 0.3) is 0 Å². The van der Waals surface area contributed by atoms with Gasteiger partial charge in [0.1, 0.15) is 10.7 Å². The maximum atomic E-state index is 13.6. The molecule has 0 aromatic heterocycles. The van der Waals surface area contributed by atoms with E-state index < -0.39 is 20.7 Å². The van der Waals surface area contributed by atoms with Crippen LogP contribution in [-0.2, 0) is 10.0 Å². The maximum absolute atomic E-state index is 13.6. The van der Waals surface area contributed by atoms with E-state index >= 15 is 0 Å². The van der Waals surface area contributed by atoms with Crippen LogP contribution in [0.5, 0.6) is 0 Å². The third kappa shape index (κ3) is 5.81. The largest absolute Gasteiger partial charge is 0.314 e. The van der Waals surface area contributed by atoms with Gasteiger partial charge in [-0.15, -0.1) is 24.8 Å². The zero-order valence-electron chi connectivity index (χ0n) is 11.7. The summed E-state index contributed by atoms with van der Waals surface area (Å²) >= 11 is 5.76. The lowest BCUT2D eigenvalue weighted by Gasteiger charge is -2.27. The first-order chi connectivity index (χ1) is 9.50. The summed E-state index contributed by atoms with van der Waals surface area (Å²) in [7, 11) is -3.92. The molecule has 2 rings (SSSR count). The van der Waals surface area contributed by atoms with Crippen molar-refractivity contribution in [2.24, 2.45) is 0 Å². The second-order valence-corrected chi connectivity index (χ2v) is 6.65. The van der Waals surface area contributed by atoms with Crippen molar-refractivity contribution < 1.29 is 12.8 Å². The number of piperazine rings is 1. The van der Waals surface area contributed by atoms with Crippen LogP contribution in [0.25, 0.3) is 0 Å². The van der Waals surface area contributed by atoms with Crippen molar-refractivity contribution in [1.29, 1.82) is 0 Å². The third-order valence-electron chi connectivity index (χ3n) is 3.12. The summed E-state index contributed by atoms with van der Waals surface area (Å²) in [5.41, 5.74) is 0. The number of hydrogen-bond acceptors (Lipinski definition) is 4. The minimum absolute atomic E-state index is 0. The van der Waals surface area contributed by atoms with Gasteiger partial charge in [0.15, 0.2) is 0 Å². The van der Waals surface area contributed by atoms with Gasteiger partial charge < -0.3 is 5.32 Å². The quantitative estimate of drug-likeness (QED) is 0.795. The van der Waals surface area contributed by atoms with Crippen molar-refractivity contribution in [3.63, 3.8) is 0 Å². The van der Waals surface area contributed by atoms with Crippen LogP contribution in [0.1, 0.15) is 0 Å². The lowest BCUT2D eigenvalue weighted by Crippen LogP contribution is -2.46. The Morgan fingerprint density at radius 2 is 1.91 bits per heavy atom. The standard InChI is InChI=1S/C12H17ClFN3O2S.2ClH/c13-10-2-1-3-11(14)12(10)20(18,19)16-6-9-17-7-4-15-5-8-17;;/h1-3,15-16H,4-9H2;2*1H. The predicted molar refractivity (Wildman–Crippen MR) is 90.4 cm³/mol. The van der Waals surface area contributed by atoms with Crippen LogP contribution in [0, 0.1) is 5.82 Å². The smallest absolute Gasteiger partial charge is 0.245 e. The van der Waals surface area contributed by atoms with Crippen molar-refractivity contribution in [2.75, 3.05) is 39.3 Å². The fourth-order valence-corrected chi connectivity index (χ4v) is 3.71. The van der Waals surface area contributed by atoms with Gasteiger partial charge in [-0.25, -0.2) is 17.5 Å². The Hall–Kier alpha value is -0.150. The average molecular weight is 395 g/mol. The highest BCUT2D eigenvalue weighted by Gasteiger charge is 2.22. The van der Waals surface area contributed by atoms with E-state index in [9.17, 15) is 12.8 Å². The first kappa shape index (κ1) is 21.9. The molecule has 1 aliphatic heterocycles. The number of rotatable bonds is 5. The Bertz CT molecular complexity index is 548. The van der Waals surface area contributed by atoms with Crippen LogP contribution in [0.15, 0.2) is 23.1 Å². The summed E-state index contributed by atoms with van der Waals surface area (Å²) in [5, 5.41) is 3.10. The molecule has 0 bridgehead atoms. The van der Waals surface area contributed by atoms with Gasteiger partial charge in [-0.3, -0.25) is 4.90 Å². The van der Waals surface area contributed by atoms with E-state index in [-0.39, 0.29) is 36.4 Å². The summed E-state index contributed by atoms with van der Waals surface area (Å²) in [5.74, 6) is -0.841. The molecule has 22 heavy (non-hydrogen) atoms. The molecule has 0 radical (unpaired) electrons. The predicted octanol–water partition coefficient (Wildman–Crippen LogP) is 1.51. The number of halogens is 4. The van der Waals surface area contributed by atoms with Gasteiger partial charge in [-0.05, 0) is 12.1 Å². The van der Waals surface area contributed by atoms with Crippen molar-refractivity contribution >= 4 is 46.4 Å². The molecule has 0 aliphatic carbocycles. The van der Waals surface area contributed by atoms with Crippen LogP contribution < -0.4 is 10.0 Å². The summed E-state index contributed by atoms with van der Waals surface area (Å²) in [6.07, 6.45) is 0. The van der Waals surface area contributed by atoms with Gasteiger partial charge in [-0.2, -0.15) is 0 Å². The molecule has 1 saturated heterocycles. The van der Waals surface area contributed by atoms with Gasteiger partial charge >= 0.3 is 0 Å². The van der Waals surface area contributed by atoms with Crippen molar-refractivity contribution in [1.82, 2.24) is 14.9 Å². The van der Waals surface area contributed by atoms with Crippen molar-refractivity contribution in [3.05, 3.63) is 29.0 Å². The molecular weight excluding hydrogens is 376 g/mol. The molecule has 0 amide bonds. The zero-order valence-corrected chi connectivity index (χ0v) is 14.9. The summed E-state index contributed by atoms with van der Waals surface area (Å²) < 4.78 is 40.1. The fraction of sp³-hybridized carbons (Fsp3) is 0.500. The number of sulfonamides is 1. The van der Waals surface area contributed by atoms with E-state index in [1.165, 1.54) is 12.1 Å². The first-order valence-electron chi connectivity index (χ1n) is 6.37. The highest BCUT2D eigenvalue weighted by Crippen LogP contribution is 2.23. The minimum atomic E-state index is -3.92. The van der Waals surface area contributed by atoms with Crippen LogP contribution in [0.2, 0.25) is 5.02 Å². The van der Waals surface area contributed by atoms with Crippen LogP contribution >= 0.6 is 36.4 Å². The Morgan fingerprint density at radius 1 is 1.27 bits per heavy atom. The molecular formula is C12H19Cl3FN3O2S. The monoisotopic (exact) mass is 393 g/mol. The zero-order chi connectivity index (χ0) is 14.6. The normalized spacial score (nSPS) is 15.7. The molecule has 128 valence electrons. The highest BCUT2D eigenvalue weighted by atomic mass is 35.5. The lowest BCUT2D eigenvalue weighted by molar-refractivity contribution is 0.245. The Kier molecular flexibility index (Phi) is 9.80. The second kappa shape index (κ2) is 9.87. The molecule has 1 aromatic rings. The van der Waals surface area contributed by atoms with E-state index in [0.29, 0.717) is 6.54 Å². The van der Waals surface area contributed by atoms with E-state index in [1.807, 2.05) is 0 Å². The van der Waals surface area contributed by atoms with Gasteiger partial charge in [0.05, 0.1) is 5.02 Å². The highest BCUT2D eigenvalue weighted by molar-refractivity contribution is 7.89. The Labute approximate surface area is 147 Å². The molecule has 0 unspecified atom stereocenters. The molecule has 0 spiro atoms. The fourth-order valence-electron chi connectivity index (χ4n) is 2.08. The van der Waals surface area contributed by atoms with Crippen LogP contribution in [0.4, 0.5) is 4.39 Å². The van der Waals surface area contributed by atoms with Crippen molar-refractivity contribution in [3.8, 4) is 0 Å². The van der Waals surface area contributed by atoms with E-state index in [4.69, 9.17) is 11.6 Å². The Morgan fingerprint density at radius 3 is 2.50 bits per heavy atom. The topological polar surface area (TPSA) is 61.4 Å². The lowest BCUT2D eigenvalue weighted by atomic mass is 10.3. The third-order valence-corrected chi connectivity index (χ3v) is 5.08. The molecule has 1 heterocycles. The SMILES string of the molecule is Cl.Cl.O=S(=O)(NCCN1CCNCC1)c1c(F)cccc1Cl. The molecule has 1 aliphatic rings. The minimum Gasteiger partial charge on any atom is -0.314 e. The number of hydrogen-bond donors (Lipinski definition) is 2. The molecule has 1 fully saturated rings. The Balaban J connectivity index is 0.00000220. The molecule has 10 heteroatoms. The first-order valence-corrected chi connectivity index (χ1v) is 8.23. The van der Waals surface area contributed by atoms with E-state index in [1.54, 1.807) is 0 Å². The average Bonchev–Trinajstić information content (AvgIpc) is 2.39.